The van der Waals surface area contributed by atoms with Crippen LogP contribution in [0.25, 0.3) is 0 Å². The van der Waals surface area contributed by atoms with Crippen molar-refractivity contribution < 1.29 is 39.8 Å². The van der Waals surface area contributed by atoms with E-state index in [0.717, 1.165) is 25.7 Å². The molecule has 1 aliphatic heterocycles. The minimum Gasteiger partial charge on any atom is -0.394 e. The fraction of sp³-hybridized carbons (Fsp3) is 0.885. The minimum absolute atomic E-state index is 0.00905. The van der Waals surface area contributed by atoms with Crippen LogP contribution >= 0.6 is 0 Å². The number of carbonyl (C=O) groups is 1. The number of Topliss-reactive ketones (excluding diaryl/α,β-unsaturated/α-hetero) is 1. The van der Waals surface area contributed by atoms with Crippen LogP contribution in [0.15, 0.2) is 11.6 Å². The third-order valence-electron chi connectivity index (χ3n) is 9.45. The Hall–Kier alpha value is -0.870. The number of ether oxygens (including phenoxy) is 2. The highest BCUT2D eigenvalue weighted by Gasteiger charge is 2.57. The summed E-state index contributed by atoms with van der Waals surface area (Å²) in [5, 5.41) is 50.5. The normalized spacial score (nSPS) is 47.4. The van der Waals surface area contributed by atoms with Crippen LogP contribution in [0.2, 0.25) is 0 Å². The molecule has 8 nitrogen and oxygen atoms in total. The summed E-state index contributed by atoms with van der Waals surface area (Å²) in [5.74, 6) is 1.19. The number of aliphatic hydroxyl groups excluding tert-OH is 5. The van der Waals surface area contributed by atoms with Gasteiger partial charge in [-0.1, -0.05) is 39.3 Å². The number of carbonyl (C=O) groups excluding carboxylic acids is 1. The molecule has 0 spiro atoms. The Kier molecular flexibility index (Phi) is 7.10. The third-order valence-corrected chi connectivity index (χ3v) is 9.45. The second-order valence-corrected chi connectivity index (χ2v) is 12.3. The van der Waals surface area contributed by atoms with Gasteiger partial charge in [0.25, 0.3) is 0 Å². The molecule has 3 fully saturated rings. The molecule has 10 atom stereocenters. The van der Waals surface area contributed by atoms with E-state index in [2.05, 4.69) is 26.8 Å². The Morgan fingerprint density at radius 2 is 1.79 bits per heavy atom. The van der Waals surface area contributed by atoms with E-state index in [1.165, 1.54) is 5.57 Å². The largest absolute Gasteiger partial charge is 0.394 e. The molecule has 3 aliphatic carbocycles. The van der Waals surface area contributed by atoms with Crippen molar-refractivity contribution in [1.29, 1.82) is 0 Å². The van der Waals surface area contributed by atoms with Gasteiger partial charge in [-0.25, -0.2) is 0 Å². The molecule has 1 unspecified atom stereocenters. The first-order valence-corrected chi connectivity index (χ1v) is 12.7. The number of rotatable bonds is 5. The summed E-state index contributed by atoms with van der Waals surface area (Å²) in [7, 11) is 0. The summed E-state index contributed by atoms with van der Waals surface area (Å²) in [4.78, 5) is 12.6. The quantitative estimate of drug-likeness (QED) is 0.370. The van der Waals surface area contributed by atoms with Gasteiger partial charge in [0, 0.05) is 18.3 Å². The van der Waals surface area contributed by atoms with Crippen LogP contribution in [0.5, 0.6) is 0 Å². The number of fused-ring (bicyclic) bond motifs is 3. The molecule has 2 saturated carbocycles. The topological polar surface area (TPSA) is 137 Å². The van der Waals surface area contributed by atoms with E-state index in [0.29, 0.717) is 30.5 Å². The average Bonchev–Trinajstić information content (AvgIpc) is 2.75. The van der Waals surface area contributed by atoms with Crippen LogP contribution < -0.4 is 0 Å². The predicted molar refractivity (Wildman–Crippen MR) is 123 cm³/mol. The molecule has 4 rings (SSSR count). The van der Waals surface area contributed by atoms with Crippen molar-refractivity contribution in [1.82, 2.24) is 0 Å². The number of allylic oxidation sites excluding steroid dienone is 1. The molecule has 5 N–H and O–H groups in total. The average molecular weight is 483 g/mol. The minimum atomic E-state index is -1.51. The molecule has 1 heterocycles. The van der Waals surface area contributed by atoms with Gasteiger partial charge in [0.1, 0.15) is 30.2 Å². The van der Waals surface area contributed by atoms with Gasteiger partial charge in [0.2, 0.25) is 0 Å². The van der Waals surface area contributed by atoms with E-state index in [4.69, 9.17) is 9.47 Å². The summed E-state index contributed by atoms with van der Waals surface area (Å²) in [6.45, 7) is 8.09. The van der Waals surface area contributed by atoms with Gasteiger partial charge in [0.05, 0.1) is 19.3 Å². The molecular formula is C26H42O8. The lowest BCUT2D eigenvalue weighted by Gasteiger charge is -2.59. The van der Waals surface area contributed by atoms with Crippen LogP contribution in [-0.4, -0.2) is 81.3 Å². The first-order valence-electron chi connectivity index (χ1n) is 12.7. The molecule has 0 aromatic rings. The van der Waals surface area contributed by atoms with Crippen molar-refractivity contribution in [2.75, 3.05) is 13.2 Å². The molecular weight excluding hydrogens is 440 g/mol. The highest BCUT2D eigenvalue weighted by Crippen LogP contribution is 2.63. The maximum Gasteiger partial charge on any atom is 0.186 e. The summed E-state index contributed by atoms with van der Waals surface area (Å²) < 4.78 is 11.0. The zero-order valence-corrected chi connectivity index (χ0v) is 20.8. The fourth-order valence-electron chi connectivity index (χ4n) is 7.61. The number of hydrogen-bond acceptors (Lipinski definition) is 8. The van der Waals surface area contributed by atoms with E-state index >= 15 is 0 Å². The summed E-state index contributed by atoms with van der Waals surface area (Å²) in [5.41, 5.74) is 0.749. The van der Waals surface area contributed by atoms with Crippen molar-refractivity contribution in [2.24, 2.45) is 28.1 Å². The summed E-state index contributed by atoms with van der Waals surface area (Å²) in [6, 6.07) is 0. The third kappa shape index (κ3) is 4.40. The number of hydrogen-bond donors (Lipinski definition) is 5. The molecule has 8 heteroatoms. The van der Waals surface area contributed by atoms with Crippen molar-refractivity contribution >= 4 is 5.78 Å². The lowest BCUT2D eigenvalue weighted by Crippen LogP contribution is -2.59. The zero-order chi connectivity index (χ0) is 25.1. The standard InChI is InChI=1S/C26H42O8/c1-24(2)10-15(28)11-26(4)16-7-8-25(3,9-14(16)5-6-18(24)26)19(29)13-33-23-22(32)21(31)20(30)17(12-27)34-23/h9,16-23,27,29-32H,5-8,10-13H2,1-4H3/t16-,17-,18-,19?,20-,21+,22-,23-,25+,26+/m1/s1. The molecule has 194 valence electrons. The van der Waals surface area contributed by atoms with Gasteiger partial charge >= 0.3 is 0 Å². The Morgan fingerprint density at radius 3 is 2.47 bits per heavy atom. The van der Waals surface area contributed by atoms with E-state index in [-0.39, 0.29) is 17.4 Å². The van der Waals surface area contributed by atoms with E-state index < -0.39 is 48.8 Å². The monoisotopic (exact) mass is 482 g/mol. The maximum atomic E-state index is 12.6. The summed E-state index contributed by atoms with van der Waals surface area (Å²) in [6.07, 6.45) is -0.496. The van der Waals surface area contributed by atoms with Crippen LogP contribution in [0.1, 0.15) is 66.2 Å². The second-order valence-electron chi connectivity index (χ2n) is 12.3. The molecule has 0 amide bonds. The lowest BCUT2D eigenvalue weighted by molar-refractivity contribution is -0.306. The lowest BCUT2D eigenvalue weighted by atomic mass is 9.45. The zero-order valence-electron chi connectivity index (χ0n) is 20.8. The maximum absolute atomic E-state index is 12.6. The highest BCUT2D eigenvalue weighted by atomic mass is 16.7. The first kappa shape index (κ1) is 26.2. The van der Waals surface area contributed by atoms with Gasteiger partial charge < -0.3 is 35.0 Å². The van der Waals surface area contributed by atoms with Crippen LogP contribution in [-0.2, 0) is 14.3 Å². The molecule has 4 aliphatic rings. The predicted octanol–water partition coefficient (Wildman–Crippen LogP) is 1.31. The van der Waals surface area contributed by atoms with Gasteiger partial charge in [-0.15, -0.1) is 0 Å². The van der Waals surface area contributed by atoms with Crippen LogP contribution in [0.3, 0.4) is 0 Å². The smallest absolute Gasteiger partial charge is 0.186 e. The van der Waals surface area contributed by atoms with Crippen molar-refractivity contribution in [2.45, 2.75) is 103 Å². The molecule has 0 bridgehead atoms. The van der Waals surface area contributed by atoms with Crippen molar-refractivity contribution in [3.8, 4) is 0 Å². The molecule has 0 aromatic carbocycles. The van der Waals surface area contributed by atoms with E-state index in [9.17, 15) is 30.3 Å². The second kappa shape index (κ2) is 9.21. The Labute approximate surface area is 202 Å². The summed E-state index contributed by atoms with van der Waals surface area (Å²) >= 11 is 0. The van der Waals surface area contributed by atoms with E-state index in [1.54, 1.807) is 0 Å². The van der Waals surface area contributed by atoms with Crippen molar-refractivity contribution in [3.63, 3.8) is 0 Å². The van der Waals surface area contributed by atoms with Gasteiger partial charge in [-0.2, -0.15) is 0 Å². The van der Waals surface area contributed by atoms with Crippen LogP contribution in [0, 0.1) is 28.1 Å². The SMILES string of the molecule is CC1(C)CC(=O)C[C@@]2(C)[C@@H]3CC[C@](C)(C(O)CO[C@@H]4O[C@H](CO)[C@@H](O)[C@H](O)[C@H]4O)C=C3CC[C@H]12. The first-order chi connectivity index (χ1) is 15.8. The molecule has 0 radical (unpaired) electrons. The molecule has 1 saturated heterocycles. The Balaban J connectivity index is 1.46. The van der Waals surface area contributed by atoms with Gasteiger partial charge in [0.15, 0.2) is 6.29 Å². The Morgan fingerprint density at radius 1 is 1.09 bits per heavy atom. The Bertz CT molecular complexity index is 809. The molecule has 0 aromatic heterocycles. The fourth-order valence-corrected chi connectivity index (χ4v) is 7.61. The van der Waals surface area contributed by atoms with Gasteiger partial charge in [-0.05, 0) is 48.3 Å². The number of aliphatic hydroxyl groups is 5. The number of ketones is 1. The van der Waals surface area contributed by atoms with Crippen molar-refractivity contribution in [3.05, 3.63) is 11.6 Å². The van der Waals surface area contributed by atoms with Crippen LogP contribution in [0.4, 0.5) is 0 Å². The van der Waals surface area contributed by atoms with Gasteiger partial charge in [-0.3, -0.25) is 4.79 Å². The highest BCUT2D eigenvalue weighted by molar-refractivity contribution is 5.81. The van der Waals surface area contributed by atoms with E-state index in [1.807, 2.05) is 6.92 Å². The molecule has 34 heavy (non-hydrogen) atoms.